The molecule has 4 nitrogen and oxygen atoms in total. The summed E-state index contributed by atoms with van der Waals surface area (Å²) in [5.41, 5.74) is -0.0565. The van der Waals surface area contributed by atoms with Gasteiger partial charge < -0.3 is 10.1 Å². The molecule has 0 aliphatic heterocycles. The molecule has 0 bridgehead atoms. The Kier molecular flexibility index (Phi) is 3.60. The molecule has 68 valence electrons. The van der Waals surface area contributed by atoms with Crippen molar-refractivity contribution >= 4 is 0 Å². The predicted octanol–water partition coefficient (Wildman–Crippen LogP) is 0.339. The standard InChI is InChI=1S/C8H14N2O2/c11-7-3-1-2-5-10-6-4-9-8(10)12/h4,6,11H,1-3,5,7H2,(H,9,12). The third kappa shape index (κ3) is 2.54. The lowest BCUT2D eigenvalue weighted by atomic mass is 10.2. The highest BCUT2D eigenvalue weighted by Gasteiger charge is 1.94. The monoisotopic (exact) mass is 170 g/mol. The molecule has 0 saturated heterocycles. The zero-order chi connectivity index (χ0) is 8.81. The Morgan fingerprint density at radius 2 is 2.25 bits per heavy atom. The van der Waals surface area contributed by atoms with E-state index < -0.39 is 0 Å². The summed E-state index contributed by atoms with van der Waals surface area (Å²) in [6.07, 6.45) is 6.10. The molecule has 1 aromatic heterocycles. The van der Waals surface area contributed by atoms with Gasteiger partial charge in [0.1, 0.15) is 0 Å². The number of aromatic nitrogens is 2. The molecule has 1 rings (SSSR count). The molecule has 0 unspecified atom stereocenters. The zero-order valence-corrected chi connectivity index (χ0v) is 6.99. The number of rotatable bonds is 5. The van der Waals surface area contributed by atoms with Crippen molar-refractivity contribution in [2.45, 2.75) is 25.8 Å². The number of nitrogens with one attached hydrogen (secondary N) is 1. The van der Waals surface area contributed by atoms with Crippen molar-refractivity contribution in [2.75, 3.05) is 6.61 Å². The van der Waals surface area contributed by atoms with Crippen molar-refractivity contribution < 1.29 is 5.11 Å². The van der Waals surface area contributed by atoms with Gasteiger partial charge in [-0.1, -0.05) is 0 Å². The van der Waals surface area contributed by atoms with Gasteiger partial charge in [-0.25, -0.2) is 4.79 Å². The topological polar surface area (TPSA) is 58.0 Å². The Bertz CT molecular complexity index is 264. The Hall–Kier alpha value is -1.03. The quantitative estimate of drug-likeness (QED) is 0.626. The van der Waals surface area contributed by atoms with E-state index in [1.807, 2.05) is 0 Å². The second kappa shape index (κ2) is 4.77. The van der Waals surface area contributed by atoms with E-state index in [9.17, 15) is 4.79 Å². The number of aryl methyl sites for hydroxylation is 1. The van der Waals surface area contributed by atoms with Crippen molar-refractivity contribution in [3.8, 4) is 0 Å². The summed E-state index contributed by atoms with van der Waals surface area (Å²) < 4.78 is 1.64. The minimum absolute atomic E-state index is 0.0565. The van der Waals surface area contributed by atoms with E-state index in [0.29, 0.717) is 0 Å². The highest BCUT2D eigenvalue weighted by atomic mass is 16.2. The normalized spacial score (nSPS) is 10.4. The van der Waals surface area contributed by atoms with Gasteiger partial charge in [0.2, 0.25) is 0 Å². The first kappa shape index (κ1) is 9.06. The van der Waals surface area contributed by atoms with Gasteiger partial charge in [-0.05, 0) is 19.3 Å². The maximum absolute atomic E-state index is 10.9. The minimum Gasteiger partial charge on any atom is -0.396 e. The van der Waals surface area contributed by atoms with Crippen LogP contribution in [0.1, 0.15) is 19.3 Å². The van der Waals surface area contributed by atoms with Crippen LogP contribution in [0.25, 0.3) is 0 Å². The van der Waals surface area contributed by atoms with Crippen LogP contribution in [0.5, 0.6) is 0 Å². The average Bonchev–Trinajstić information content (AvgIpc) is 2.46. The van der Waals surface area contributed by atoms with E-state index in [1.165, 1.54) is 0 Å². The summed E-state index contributed by atoms with van der Waals surface area (Å²) in [5, 5.41) is 8.50. The fraction of sp³-hybridized carbons (Fsp3) is 0.625. The van der Waals surface area contributed by atoms with Gasteiger partial charge in [0, 0.05) is 25.5 Å². The maximum atomic E-state index is 10.9. The lowest BCUT2D eigenvalue weighted by molar-refractivity contribution is 0.281. The highest BCUT2D eigenvalue weighted by molar-refractivity contribution is 4.75. The number of H-pyrrole nitrogens is 1. The van der Waals surface area contributed by atoms with Crippen molar-refractivity contribution in [3.63, 3.8) is 0 Å². The number of hydrogen-bond donors (Lipinski definition) is 2. The number of aromatic amines is 1. The van der Waals surface area contributed by atoms with Crippen LogP contribution in [-0.2, 0) is 6.54 Å². The number of nitrogens with zero attached hydrogens (tertiary/aromatic N) is 1. The van der Waals surface area contributed by atoms with Gasteiger partial charge in [-0.15, -0.1) is 0 Å². The Morgan fingerprint density at radius 1 is 1.42 bits per heavy atom. The fourth-order valence-electron chi connectivity index (χ4n) is 1.10. The molecule has 0 aliphatic carbocycles. The summed E-state index contributed by atoms with van der Waals surface area (Å²) >= 11 is 0. The Balaban J connectivity index is 2.24. The van der Waals surface area contributed by atoms with Crippen LogP contribution < -0.4 is 5.69 Å². The van der Waals surface area contributed by atoms with Crippen molar-refractivity contribution in [1.82, 2.24) is 9.55 Å². The molecule has 12 heavy (non-hydrogen) atoms. The van der Waals surface area contributed by atoms with Gasteiger partial charge in [0.05, 0.1) is 0 Å². The summed E-state index contributed by atoms with van der Waals surface area (Å²) in [5.74, 6) is 0. The van der Waals surface area contributed by atoms with Crippen LogP contribution in [0.4, 0.5) is 0 Å². The molecular weight excluding hydrogens is 156 g/mol. The lowest BCUT2D eigenvalue weighted by Gasteiger charge is -1.98. The Labute approximate surface area is 70.9 Å². The molecule has 0 aromatic carbocycles. The molecule has 0 aliphatic rings. The molecule has 0 saturated carbocycles. The van der Waals surface area contributed by atoms with Crippen LogP contribution in [0.3, 0.4) is 0 Å². The average molecular weight is 170 g/mol. The van der Waals surface area contributed by atoms with Crippen LogP contribution in [0.2, 0.25) is 0 Å². The van der Waals surface area contributed by atoms with Crippen LogP contribution >= 0.6 is 0 Å². The molecule has 0 amide bonds. The van der Waals surface area contributed by atoms with Gasteiger partial charge >= 0.3 is 5.69 Å². The minimum atomic E-state index is -0.0565. The predicted molar refractivity (Wildman–Crippen MR) is 46.0 cm³/mol. The number of imidazole rings is 1. The molecule has 0 spiro atoms. The third-order valence-electron chi connectivity index (χ3n) is 1.78. The lowest BCUT2D eigenvalue weighted by Crippen LogP contribution is -2.16. The zero-order valence-electron chi connectivity index (χ0n) is 6.99. The number of aliphatic hydroxyl groups excluding tert-OH is 1. The summed E-state index contributed by atoms with van der Waals surface area (Å²) in [7, 11) is 0. The second-order valence-corrected chi connectivity index (χ2v) is 2.74. The number of aliphatic hydroxyl groups is 1. The second-order valence-electron chi connectivity index (χ2n) is 2.74. The SMILES string of the molecule is O=c1[nH]ccn1CCCCCO. The van der Waals surface area contributed by atoms with E-state index in [-0.39, 0.29) is 12.3 Å². The molecule has 1 aromatic rings. The van der Waals surface area contributed by atoms with Gasteiger partial charge in [0.25, 0.3) is 0 Å². The smallest absolute Gasteiger partial charge is 0.325 e. The van der Waals surface area contributed by atoms with Crippen LogP contribution in [0, 0.1) is 0 Å². The van der Waals surface area contributed by atoms with Gasteiger partial charge in [-0.2, -0.15) is 0 Å². The Morgan fingerprint density at radius 3 is 2.83 bits per heavy atom. The van der Waals surface area contributed by atoms with Crippen LogP contribution in [0.15, 0.2) is 17.2 Å². The molecule has 1 heterocycles. The summed E-state index contributed by atoms with van der Waals surface area (Å²) in [6.45, 7) is 0.977. The summed E-state index contributed by atoms with van der Waals surface area (Å²) in [6, 6.07) is 0. The molecule has 4 heteroatoms. The van der Waals surface area contributed by atoms with E-state index >= 15 is 0 Å². The highest BCUT2D eigenvalue weighted by Crippen LogP contribution is 1.95. The van der Waals surface area contributed by atoms with E-state index in [0.717, 1.165) is 25.8 Å². The first-order valence-corrected chi connectivity index (χ1v) is 4.19. The van der Waals surface area contributed by atoms with Gasteiger partial charge in [0.15, 0.2) is 0 Å². The van der Waals surface area contributed by atoms with E-state index in [1.54, 1.807) is 17.0 Å². The number of unbranched alkanes of at least 4 members (excludes halogenated alkanes) is 2. The first-order valence-electron chi connectivity index (χ1n) is 4.19. The van der Waals surface area contributed by atoms with Crippen molar-refractivity contribution in [2.24, 2.45) is 0 Å². The number of hydrogen-bond acceptors (Lipinski definition) is 2. The molecule has 0 atom stereocenters. The molecule has 0 fully saturated rings. The van der Waals surface area contributed by atoms with Gasteiger partial charge in [-0.3, -0.25) is 4.57 Å². The van der Waals surface area contributed by atoms with E-state index in [4.69, 9.17) is 5.11 Å². The van der Waals surface area contributed by atoms with Crippen LogP contribution in [-0.4, -0.2) is 21.3 Å². The first-order chi connectivity index (χ1) is 5.84. The molecular formula is C8H14N2O2. The summed E-state index contributed by atoms with van der Waals surface area (Å²) in [4.78, 5) is 13.5. The third-order valence-corrected chi connectivity index (χ3v) is 1.78. The fourth-order valence-corrected chi connectivity index (χ4v) is 1.10. The largest absolute Gasteiger partial charge is 0.396 e. The molecule has 0 radical (unpaired) electrons. The molecule has 2 N–H and O–H groups in total. The maximum Gasteiger partial charge on any atom is 0.325 e. The van der Waals surface area contributed by atoms with E-state index in [2.05, 4.69) is 4.98 Å². The van der Waals surface area contributed by atoms with Crippen molar-refractivity contribution in [1.29, 1.82) is 0 Å². The van der Waals surface area contributed by atoms with Crippen molar-refractivity contribution in [3.05, 3.63) is 22.9 Å².